The number of hydrogen-bond donors (Lipinski definition) is 0. The fourth-order valence-corrected chi connectivity index (χ4v) is 2.67. The SMILES string of the molecule is CCc1noc(C)c1C(=O)OCc1coc(-c2cccs2)n1. The normalized spacial score (nSPS) is 10.8. The van der Waals surface area contributed by atoms with Crippen LogP contribution in [0.15, 0.2) is 32.7 Å². The topological polar surface area (TPSA) is 78.4 Å². The van der Waals surface area contributed by atoms with Gasteiger partial charge in [-0.25, -0.2) is 9.78 Å². The predicted octanol–water partition coefficient (Wildman–Crippen LogP) is 3.62. The Labute approximate surface area is 130 Å². The van der Waals surface area contributed by atoms with Gasteiger partial charge >= 0.3 is 5.97 Å². The summed E-state index contributed by atoms with van der Waals surface area (Å²) in [4.78, 5) is 17.4. The Hall–Kier alpha value is -2.41. The van der Waals surface area contributed by atoms with E-state index in [2.05, 4.69) is 10.1 Å². The van der Waals surface area contributed by atoms with Crippen LogP contribution < -0.4 is 0 Å². The van der Waals surface area contributed by atoms with Crippen molar-refractivity contribution in [2.24, 2.45) is 0 Å². The van der Waals surface area contributed by atoms with Gasteiger partial charge in [0.05, 0.1) is 10.6 Å². The van der Waals surface area contributed by atoms with E-state index in [1.165, 1.54) is 17.6 Å². The number of nitrogens with zero attached hydrogens (tertiary/aromatic N) is 2. The molecule has 0 saturated carbocycles. The number of thiophene rings is 1. The van der Waals surface area contributed by atoms with E-state index in [1.807, 2.05) is 24.4 Å². The van der Waals surface area contributed by atoms with Crippen LogP contribution in [0.5, 0.6) is 0 Å². The third-order valence-corrected chi connectivity index (χ3v) is 3.97. The minimum atomic E-state index is -0.462. The van der Waals surface area contributed by atoms with Crippen molar-refractivity contribution in [3.8, 4) is 10.8 Å². The Morgan fingerprint density at radius 3 is 3.05 bits per heavy atom. The molecule has 6 nitrogen and oxygen atoms in total. The van der Waals surface area contributed by atoms with Crippen LogP contribution in [0, 0.1) is 6.92 Å². The summed E-state index contributed by atoms with van der Waals surface area (Å²) >= 11 is 1.53. The molecule has 114 valence electrons. The smallest absolute Gasteiger partial charge is 0.344 e. The second kappa shape index (κ2) is 6.15. The van der Waals surface area contributed by atoms with Crippen LogP contribution in [0.1, 0.15) is 34.4 Å². The molecular weight excluding hydrogens is 304 g/mol. The summed E-state index contributed by atoms with van der Waals surface area (Å²) in [6.07, 6.45) is 2.10. The molecule has 0 aliphatic heterocycles. The number of oxazole rings is 1. The highest BCUT2D eigenvalue weighted by atomic mass is 32.1. The summed E-state index contributed by atoms with van der Waals surface area (Å²) in [7, 11) is 0. The zero-order valence-electron chi connectivity index (χ0n) is 12.2. The summed E-state index contributed by atoms with van der Waals surface area (Å²) in [5, 5.41) is 5.78. The fourth-order valence-electron chi connectivity index (χ4n) is 2.02. The average Bonchev–Trinajstić information content (AvgIpc) is 3.24. The van der Waals surface area contributed by atoms with Gasteiger partial charge in [0.2, 0.25) is 5.89 Å². The molecule has 0 spiro atoms. The Balaban J connectivity index is 1.68. The number of aromatic nitrogens is 2. The van der Waals surface area contributed by atoms with Crippen molar-refractivity contribution in [3.63, 3.8) is 0 Å². The molecule has 0 aliphatic carbocycles. The van der Waals surface area contributed by atoms with Crippen LogP contribution in [0.3, 0.4) is 0 Å². The molecule has 3 aromatic rings. The molecule has 0 unspecified atom stereocenters. The van der Waals surface area contributed by atoms with Crippen LogP contribution >= 0.6 is 11.3 Å². The highest BCUT2D eigenvalue weighted by molar-refractivity contribution is 7.13. The van der Waals surface area contributed by atoms with E-state index in [1.54, 1.807) is 6.92 Å². The molecule has 0 amide bonds. The van der Waals surface area contributed by atoms with Crippen molar-refractivity contribution >= 4 is 17.3 Å². The number of hydrogen-bond acceptors (Lipinski definition) is 7. The van der Waals surface area contributed by atoms with Crippen molar-refractivity contribution in [1.82, 2.24) is 10.1 Å². The van der Waals surface area contributed by atoms with Crippen LogP contribution in [0.2, 0.25) is 0 Å². The maximum absolute atomic E-state index is 12.1. The Morgan fingerprint density at radius 2 is 2.32 bits per heavy atom. The quantitative estimate of drug-likeness (QED) is 0.669. The zero-order valence-corrected chi connectivity index (χ0v) is 13.0. The molecule has 0 aliphatic rings. The van der Waals surface area contributed by atoms with E-state index in [0.717, 1.165) is 4.88 Å². The lowest BCUT2D eigenvalue weighted by atomic mass is 10.1. The van der Waals surface area contributed by atoms with Crippen molar-refractivity contribution in [1.29, 1.82) is 0 Å². The zero-order chi connectivity index (χ0) is 15.5. The van der Waals surface area contributed by atoms with Gasteiger partial charge in [0.1, 0.15) is 29.9 Å². The van der Waals surface area contributed by atoms with Gasteiger partial charge in [-0.05, 0) is 24.8 Å². The van der Waals surface area contributed by atoms with Crippen molar-refractivity contribution < 1.29 is 18.5 Å². The Bertz CT molecular complexity index is 773. The molecule has 7 heteroatoms. The van der Waals surface area contributed by atoms with E-state index in [-0.39, 0.29) is 6.61 Å². The molecule has 0 N–H and O–H groups in total. The number of aryl methyl sites for hydroxylation is 2. The fraction of sp³-hybridized carbons (Fsp3) is 0.267. The maximum Gasteiger partial charge on any atom is 0.344 e. The number of esters is 1. The van der Waals surface area contributed by atoms with Crippen LogP contribution in [0.25, 0.3) is 10.8 Å². The molecule has 3 heterocycles. The van der Waals surface area contributed by atoms with Crippen LogP contribution in [0.4, 0.5) is 0 Å². The summed E-state index contributed by atoms with van der Waals surface area (Å²) in [6.45, 7) is 3.63. The van der Waals surface area contributed by atoms with Gasteiger partial charge < -0.3 is 13.7 Å². The van der Waals surface area contributed by atoms with Crippen molar-refractivity contribution in [3.05, 3.63) is 46.5 Å². The summed E-state index contributed by atoms with van der Waals surface area (Å²) in [5.41, 5.74) is 1.55. The van der Waals surface area contributed by atoms with E-state index in [0.29, 0.717) is 35.0 Å². The first-order valence-corrected chi connectivity index (χ1v) is 7.67. The van der Waals surface area contributed by atoms with Gasteiger partial charge in [0.15, 0.2) is 0 Å². The van der Waals surface area contributed by atoms with Gasteiger partial charge in [-0.2, -0.15) is 0 Å². The Morgan fingerprint density at radius 1 is 1.45 bits per heavy atom. The van der Waals surface area contributed by atoms with Gasteiger partial charge in [-0.3, -0.25) is 0 Å². The molecule has 0 atom stereocenters. The minimum Gasteiger partial charge on any atom is -0.455 e. The van der Waals surface area contributed by atoms with Gasteiger partial charge in [0, 0.05) is 0 Å². The summed E-state index contributed by atoms with van der Waals surface area (Å²) < 4.78 is 15.7. The molecule has 0 aromatic carbocycles. The predicted molar refractivity (Wildman–Crippen MR) is 79.6 cm³/mol. The largest absolute Gasteiger partial charge is 0.455 e. The number of carbonyl (C=O) groups excluding carboxylic acids is 1. The first-order valence-electron chi connectivity index (χ1n) is 6.79. The molecule has 3 aromatic heterocycles. The highest BCUT2D eigenvalue weighted by Gasteiger charge is 2.21. The van der Waals surface area contributed by atoms with Crippen LogP contribution in [-0.2, 0) is 17.8 Å². The van der Waals surface area contributed by atoms with Crippen LogP contribution in [-0.4, -0.2) is 16.1 Å². The third-order valence-electron chi connectivity index (χ3n) is 3.11. The second-order valence-electron chi connectivity index (χ2n) is 4.61. The monoisotopic (exact) mass is 318 g/mol. The lowest BCUT2D eigenvalue weighted by Gasteiger charge is -2.02. The number of ether oxygens (including phenoxy) is 1. The first kappa shape index (κ1) is 14.5. The van der Waals surface area contributed by atoms with Crippen molar-refractivity contribution in [2.45, 2.75) is 26.9 Å². The van der Waals surface area contributed by atoms with Gasteiger partial charge in [0.25, 0.3) is 0 Å². The lowest BCUT2D eigenvalue weighted by Crippen LogP contribution is -2.08. The average molecular weight is 318 g/mol. The molecule has 0 fully saturated rings. The molecule has 0 radical (unpaired) electrons. The van der Waals surface area contributed by atoms with Gasteiger partial charge in [-0.15, -0.1) is 11.3 Å². The number of carbonyl (C=O) groups is 1. The van der Waals surface area contributed by atoms with Crippen molar-refractivity contribution in [2.75, 3.05) is 0 Å². The van der Waals surface area contributed by atoms with E-state index >= 15 is 0 Å². The first-order chi connectivity index (χ1) is 10.7. The van der Waals surface area contributed by atoms with E-state index in [4.69, 9.17) is 13.7 Å². The molecule has 0 saturated heterocycles. The maximum atomic E-state index is 12.1. The van der Waals surface area contributed by atoms with Gasteiger partial charge in [-0.1, -0.05) is 18.1 Å². The molecule has 22 heavy (non-hydrogen) atoms. The molecule has 3 rings (SSSR count). The second-order valence-corrected chi connectivity index (χ2v) is 5.56. The van der Waals surface area contributed by atoms with E-state index < -0.39 is 5.97 Å². The van der Waals surface area contributed by atoms with E-state index in [9.17, 15) is 4.79 Å². The number of rotatable bonds is 5. The molecular formula is C15H14N2O4S. The lowest BCUT2D eigenvalue weighted by molar-refractivity contribution is 0.0464. The standard InChI is InChI=1S/C15H14N2O4S/c1-3-11-13(9(2)21-17-11)15(18)20-8-10-7-19-14(16-10)12-5-4-6-22-12/h4-7H,3,8H2,1-2H3. The third kappa shape index (κ3) is 2.80. The summed E-state index contributed by atoms with van der Waals surface area (Å²) in [6, 6.07) is 3.84. The minimum absolute atomic E-state index is 0.0431. The molecule has 0 bridgehead atoms. The summed E-state index contributed by atoms with van der Waals surface area (Å²) in [5.74, 6) is 0.522. The Kier molecular flexibility index (Phi) is 4.06. The highest BCUT2D eigenvalue weighted by Crippen LogP contribution is 2.24.